The van der Waals surface area contributed by atoms with Crippen LogP contribution in [0.15, 0.2) is 30.6 Å². The zero-order chi connectivity index (χ0) is 25.2. The van der Waals surface area contributed by atoms with Gasteiger partial charge in [0.05, 0.1) is 50.0 Å². The molecule has 2 aromatic rings. The van der Waals surface area contributed by atoms with Gasteiger partial charge in [-0.1, -0.05) is 52.2 Å². The molecule has 0 spiro atoms. The smallest absolute Gasteiger partial charge is 0.339 e. The Kier molecular flexibility index (Phi) is 14.2. The summed E-state index contributed by atoms with van der Waals surface area (Å²) in [4.78, 5) is 43.0. The molecule has 2 rings (SSSR count). The van der Waals surface area contributed by atoms with Crippen LogP contribution in [0.2, 0.25) is 0 Å². The number of aromatic nitrogens is 2. The van der Waals surface area contributed by atoms with Crippen molar-refractivity contribution in [3.8, 4) is 0 Å². The SMILES string of the molecule is CCCCOC(=O)CC(O)(CC(=O)OCCCC)C(=O)OCCCC.c1ccc2[nH]cnc2c1. The third kappa shape index (κ3) is 11.3. The van der Waals surface area contributed by atoms with Crippen molar-refractivity contribution in [1.29, 1.82) is 0 Å². The summed E-state index contributed by atoms with van der Waals surface area (Å²) in [5.74, 6) is -2.49. The molecule has 34 heavy (non-hydrogen) atoms. The molecule has 190 valence electrons. The number of carbonyl (C=O) groups excluding carboxylic acids is 3. The van der Waals surface area contributed by atoms with E-state index in [0.717, 1.165) is 30.3 Å². The molecule has 0 aliphatic rings. The number of carbonyl (C=O) groups is 3. The Balaban J connectivity index is 0.000000521. The molecule has 9 nitrogen and oxygen atoms in total. The number of nitrogens with zero attached hydrogens (tertiary/aromatic N) is 1. The normalized spacial score (nSPS) is 10.8. The highest BCUT2D eigenvalue weighted by atomic mass is 16.6. The van der Waals surface area contributed by atoms with Crippen molar-refractivity contribution in [1.82, 2.24) is 9.97 Å². The summed E-state index contributed by atoms with van der Waals surface area (Å²) < 4.78 is 14.9. The Morgan fingerprint density at radius 1 is 0.853 bits per heavy atom. The summed E-state index contributed by atoms with van der Waals surface area (Å²) in [5.41, 5.74) is -0.143. The van der Waals surface area contributed by atoms with Gasteiger partial charge < -0.3 is 24.3 Å². The van der Waals surface area contributed by atoms with Gasteiger partial charge in [-0.2, -0.15) is 0 Å². The number of unbranched alkanes of at least 4 members (excludes halogenated alkanes) is 3. The molecule has 0 amide bonds. The zero-order valence-electron chi connectivity index (χ0n) is 20.5. The first kappa shape index (κ1) is 29.1. The van der Waals surface area contributed by atoms with Crippen molar-refractivity contribution in [3.05, 3.63) is 30.6 Å². The maximum absolute atomic E-state index is 12.2. The van der Waals surface area contributed by atoms with E-state index in [4.69, 9.17) is 14.2 Å². The van der Waals surface area contributed by atoms with E-state index in [1.807, 2.05) is 45.0 Å². The number of hydrogen-bond donors (Lipinski definition) is 2. The lowest BCUT2D eigenvalue weighted by Crippen LogP contribution is -2.45. The molecule has 0 radical (unpaired) electrons. The molecule has 2 N–H and O–H groups in total. The number of rotatable bonds is 14. The first-order chi connectivity index (χ1) is 16.4. The lowest BCUT2D eigenvalue weighted by Gasteiger charge is -2.24. The molecule has 0 aliphatic heterocycles. The highest BCUT2D eigenvalue weighted by molar-refractivity contribution is 5.90. The maximum Gasteiger partial charge on any atom is 0.339 e. The van der Waals surface area contributed by atoms with Crippen molar-refractivity contribution in [2.24, 2.45) is 0 Å². The lowest BCUT2D eigenvalue weighted by atomic mass is 9.95. The van der Waals surface area contributed by atoms with Crippen LogP contribution in [0.25, 0.3) is 11.0 Å². The average molecular weight is 479 g/mol. The molecule has 0 bridgehead atoms. The van der Waals surface area contributed by atoms with E-state index in [9.17, 15) is 19.5 Å². The van der Waals surface area contributed by atoms with E-state index in [2.05, 4.69) is 9.97 Å². The second kappa shape index (κ2) is 16.6. The predicted octanol–water partition coefficient (Wildman–Crippen LogP) is 4.09. The van der Waals surface area contributed by atoms with Crippen molar-refractivity contribution in [3.63, 3.8) is 0 Å². The molecule has 0 unspecified atom stereocenters. The number of esters is 3. The largest absolute Gasteiger partial charge is 0.466 e. The summed E-state index contributed by atoms with van der Waals surface area (Å²) in [6.07, 6.45) is 4.93. The van der Waals surface area contributed by atoms with Gasteiger partial charge in [-0.25, -0.2) is 9.78 Å². The number of hydrogen-bond acceptors (Lipinski definition) is 8. The van der Waals surface area contributed by atoms with E-state index < -0.39 is 36.4 Å². The number of H-pyrrole nitrogens is 1. The Morgan fingerprint density at radius 2 is 1.35 bits per heavy atom. The van der Waals surface area contributed by atoms with Crippen LogP contribution in [0.1, 0.15) is 72.1 Å². The summed E-state index contributed by atoms with van der Waals surface area (Å²) in [7, 11) is 0. The number of aliphatic hydroxyl groups is 1. The fourth-order valence-corrected chi connectivity index (χ4v) is 2.77. The van der Waals surface area contributed by atoms with Crippen LogP contribution in [0.3, 0.4) is 0 Å². The molecule has 9 heteroatoms. The molecule has 1 aromatic heterocycles. The summed E-state index contributed by atoms with van der Waals surface area (Å²) >= 11 is 0. The van der Waals surface area contributed by atoms with Crippen molar-refractivity contribution >= 4 is 28.9 Å². The number of imidazole rings is 1. The molecule has 0 fully saturated rings. The van der Waals surface area contributed by atoms with Gasteiger partial charge in [0.2, 0.25) is 0 Å². The first-order valence-corrected chi connectivity index (χ1v) is 11.9. The Bertz CT molecular complexity index is 812. The van der Waals surface area contributed by atoms with E-state index in [-0.39, 0.29) is 19.8 Å². The number of ether oxygens (including phenoxy) is 3. The van der Waals surface area contributed by atoms with E-state index >= 15 is 0 Å². The number of nitrogens with one attached hydrogen (secondary N) is 1. The van der Waals surface area contributed by atoms with Gasteiger partial charge in [-0.05, 0) is 31.4 Å². The summed E-state index contributed by atoms with van der Waals surface area (Å²) in [5, 5.41) is 10.6. The Labute approximate surface area is 201 Å². The first-order valence-electron chi connectivity index (χ1n) is 11.9. The highest BCUT2D eigenvalue weighted by Gasteiger charge is 2.43. The van der Waals surface area contributed by atoms with Gasteiger partial charge in [0.25, 0.3) is 0 Å². The third-order valence-electron chi connectivity index (χ3n) is 4.83. The molecule has 1 heterocycles. The summed E-state index contributed by atoms with van der Waals surface area (Å²) in [6, 6.07) is 7.94. The fourth-order valence-electron chi connectivity index (χ4n) is 2.77. The molecule has 0 saturated carbocycles. The van der Waals surface area contributed by atoms with Crippen LogP contribution in [0.5, 0.6) is 0 Å². The van der Waals surface area contributed by atoms with Gasteiger partial charge in [-0.3, -0.25) is 9.59 Å². The standard InChI is InChI=1S/C18H32O7.C7H6N2/c1-4-7-10-23-15(19)13-18(22,17(21)25-12-9-6-3)14-16(20)24-11-8-5-2;1-2-4-7-6(3-1)8-5-9-7/h22H,4-14H2,1-3H3;1-5H,(H,8,9). The molecule has 1 aromatic carbocycles. The number of fused-ring (bicyclic) bond motifs is 1. The predicted molar refractivity (Wildman–Crippen MR) is 128 cm³/mol. The van der Waals surface area contributed by atoms with Crippen molar-refractivity contribution < 1.29 is 33.7 Å². The monoisotopic (exact) mass is 478 g/mol. The molecular formula is C25H38N2O7. The second-order valence-electron chi connectivity index (χ2n) is 7.94. The Morgan fingerprint density at radius 3 is 1.85 bits per heavy atom. The number of benzene rings is 1. The van der Waals surface area contributed by atoms with Crippen LogP contribution in [-0.2, 0) is 28.6 Å². The quantitative estimate of drug-likeness (QED) is 0.236. The average Bonchev–Trinajstić information content (AvgIpc) is 3.29. The molecule has 0 saturated heterocycles. The van der Waals surface area contributed by atoms with Gasteiger partial charge in [0.15, 0.2) is 5.60 Å². The minimum absolute atomic E-state index is 0.118. The van der Waals surface area contributed by atoms with Crippen LogP contribution in [0, 0.1) is 0 Å². The number of para-hydroxylation sites is 2. The second-order valence-corrected chi connectivity index (χ2v) is 7.94. The van der Waals surface area contributed by atoms with Crippen molar-refractivity contribution in [2.75, 3.05) is 19.8 Å². The van der Waals surface area contributed by atoms with E-state index in [1.54, 1.807) is 6.33 Å². The highest BCUT2D eigenvalue weighted by Crippen LogP contribution is 2.20. The Hall–Kier alpha value is -2.94. The van der Waals surface area contributed by atoms with Gasteiger partial charge in [0, 0.05) is 0 Å². The lowest BCUT2D eigenvalue weighted by molar-refractivity contribution is -0.178. The topological polar surface area (TPSA) is 128 Å². The van der Waals surface area contributed by atoms with Crippen LogP contribution >= 0.6 is 0 Å². The van der Waals surface area contributed by atoms with Gasteiger partial charge >= 0.3 is 17.9 Å². The maximum atomic E-state index is 12.2. The van der Waals surface area contributed by atoms with E-state index in [0.29, 0.717) is 19.3 Å². The minimum atomic E-state index is -2.26. The van der Waals surface area contributed by atoms with E-state index in [1.165, 1.54) is 0 Å². The fraction of sp³-hybridized carbons (Fsp3) is 0.600. The molecule has 0 aliphatic carbocycles. The van der Waals surface area contributed by atoms with Crippen LogP contribution < -0.4 is 0 Å². The number of aromatic amines is 1. The minimum Gasteiger partial charge on any atom is -0.466 e. The zero-order valence-corrected chi connectivity index (χ0v) is 20.5. The van der Waals surface area contributed by atoms with Crippen molar-refractivity contribution in [2.45, 2.75) is 77.7 Å². The van der Waals surface area contributed by atoms with Crippen LogP contribution in [0.4, 0.5) is 0 Å². The van der Waals surface area contributed by atoms with Crippen LogP contribution in [-0.4, -0.2) is 58.4 Å². The third-order valence-corrected chi connectivity index (χ3v) is 4.83. The molecule has 0 atom stereocenters. The van der Waals surface area contributed by atoms with Gasteiger partial charge in [-0.15, -0.1) is 0 Å². The van der Waals surface area contributed by atoms with Gasteiger partial charge in [0.1, 0.15) is 0 Å². The molecular weight excluding hydrogens is 440 g/mol. The summed E-state index contributed by atoms with van der Waals surface area (Å²) in [6.45, 7) is 6.35.